The van der Waals surface area contributed by atoms with Gasteiger partial charge in [-0.3, -0.25) is 14.7 Å². The predicted octanol–water partition coefficient (Wildman–Crippen LogP) is 3.63. The lowest BCUT2D eigenvalue weighted by Gasteiger charge is -2.19. The molecule has 1 unspecified atom stereocenters. The summed E-state index contributed by atoms with van der Waals surface area (Å²) < 4.78 is 5.55. The second kappa shape index (κ2) is 8.81. The van der Waals surface area contributed by atoms with Gasteiger partial charge in [-0.15, -0.1) is 23.1 Å². The maximum atomic E-state index is 12.4. The number of nitrogens with zero attached hydrogens (tertiary/aromatic N) is 3. The van der Waals surface area contributed by atoms with Crippen LogP contribution in [0.5, 0.6) is 0 Å². The average Bonchev–Trinajstić information content (AvgIpc) is 3.35. The van der Waals surface area contributed by atoms with Crippen molar-refractivity contribution >= 4 is 56.8 Å². The van der Waals surface area contributed by atoms with E-state index in [1.54, 1.807) is 28.6 Å². The molecule has 4 heterocycles. The minimum absolute atomic E-state index is 0.0211. The van der Waals surface area contributed by atoms with Crippen molar-refractivity contribution in [2.75, 3.05) is 29.1 Å². The molecule has 0 aliphatic carbocycles. The number of carbonyl (C=O) groups excluding carboxylic acids is 2. The predicted molar refractivity (Wildman–Crippen MR) is 122 cm³/mol. The van der Waals surface area contributed by atoms with Crippen LogP contribution in [-0.4, -0.2) is 46.9 Å². The zero-order chi connectivity index (χ0) is 21.2. The standard InChI is InChI=1S/C21H21N5O3S2/c27-19-12-30-18-4-3-13(8-16(18)25-19)26-11-14(29-21(26)28)2-1-5-22-10-15-9-17-20(31-15)24-7-6-23-17/h3-4,6-9,14,22H,1-2,5,10-12H2,(H,25,27). The van der Waals surface area contributed by atoms with Gasteiger partial charge in [0, 0.05) is 34.4 Å². The molecule has 1 atom stereocenters. The van der Waals surface area contributed by atoms with E-state index in [1.165, 1.54) is 16.6 Å². The minimum atomic E-state index is -0.335. The number of hydrogen-bond acceptors (Lipinski definition) is 8. The molecule has 2 N–H and O–H groups in total. The highest BCUT2D eigenvalue weighted by Crippen LogP contribution is 2.35. The number of ether oxygens (including phenoxy) is 1. The summed E-state index contributed by atoms with van der Waals surface area (Å²) >= 11 is 3.15. The molecule has 2 aliphatic rings. The number of thiophene rings is 1. The molecule has 1 fully saturated rings. The lowest BCUT2D eigenvalue weighted by atomic mass is 10.2. The summed E-state index contributed by atoms with van der Waals surface area (Å²) in [6, 6.07) is 7.76. The number of hydrogen-bond donors (Lipinski definition) is 2. The Bertz CT molecular complexity index is 1100. The summed E-state index contributed by atoms with van der Waals surface area (Å²) in [6.07, 6.45) is 4.65. The molecule has 1 aromatic carbocycles. The molecule has 5 rings (SSSR count). The summed E-state index contributed by atoms with van der Waals surface area (Å²) in [7, 11) is 0. The third-order valence-corrected chi connectivity index (χ3v) is 7.28. The summed E-state index contributed by atoms with van der Waals surface area (Å²) in [5, 5.41) is 6.30. The van der Waals surface area contributed by atoms with Gasteiger partial charge in [-0.05, 0) is 43.7 Å². The molecule has 31 heavy (non-hydrogen) atoms. The van der Waals surface area contributed by atoms with Gasteiger partial charge in [0.25, 0.3) is 0 Å². The van der Waals surface area contributed by atoms with Crippen LogP contribution in [-0.2, 0) is 16.1 Å². The first-order chi connectivity index (χ1) is 15.2. The molecular weight excluding hydrogens is 434 g/mol. The molecule has 1 saturated heterocycles. The number of aromatic nitrogens is 2. The van der Waals surface area contributed by atoms with Crippen LogP contribution in [0.2, 0.25) is 0 Å². The van der Waals surface area contributed by atoms with Crippen LogP contribution in [0.3, 0.4) is 0 Å². The van der Waals surface area contributed by atoms with E-state index in [0.29, 0.717) is 12.3 Å². The Labute approximate surface area is 187 Å². The van der Waals surface area contributed by atoms with E-state index in [1.807, 2.05) is 18.2 Å². The van der Waals surface area contributed by atoms with Crippen molar-refractivity contribution < 1.29 is 14.3 Å². The van der Waals surface area contributed by atoms with Crippen LogP contribution in [0.25, 0.3) is 10.3 Å². The zero-order valence-corrected chi connectivity index (χ0v) is 18.3. The second-order valence-electron chi connectivity index (χ2n) is 7.41. The lowest BCUT2D eigenvalue weighted by molar-refractivity contribution is -0.113. The van der Waals surface area contributed by atoms with E-state index in [4.69, 9.17) is 4.74 Å². The third-order valence-electron chi connectivity index (χ3n) is 5.18. The maximum Gasteiger partial charge on any atom is 0.414 e. The summed E-state index contributed by atoms with van der Waals surface area (Å²) in [6.45, 7) is 2.13. The highest BCUT2D eigenvalue weighted by molar-refractivity contribution is 8.00. The lowest BCUT2D eigenvalue weighted by Crippen LogP contribution is -2.25. The van der Waals surface area contributed by atoms with Crippen molar-refractivity contribution in [2.45, 2.75) is 30.4 Å². The minimum Gasteiger partial charge on any atom is -0.444 e. The molecule has 0 saturated carbocycles. The highest BCUT2D eigenvalue weighted by Gasteiger charge is 2.32. The number of carbonyl (C=O) groups is 2. The number of benzene rings is 1. The fraction of sp³-hybridized carbons (Fsp3) is 0.333. The van der Waals surface area contributed by atoms with Gasteiger partial charge in [-0.1, -0.05) is 0 Å². The number of rotatable bonds is 7. The summed E-state index contributed by atoms with van der Waals surface area (Å²) in [5.74, 6) is 0.400. The van der Waals surface area contributed by atoms with Gasteiger partial charge in [0.2, 0.25) is 5.91 Å². The number of amides is 2. The van der Waals surface area contributed by atoms with E-state index < -0.39 is 0 Å². The molecule has 0 spiro atoms. The molecule has 2 aliphatic heterocycles. The normalized spacial score (nSPS) is 18.2. The molecule has 8 nitrogen and oxygen atoms in total. The van der Waals surface area contributed by atoms with E-state index >= 15 is 0 Å². The molecule has 0 radical (unpaired) electrons. The largest absolute Gasteiger partial charge is 0.444 e. The van der Waals surface area contributed by atoms with Crippen molar-refractivity contribution in [3.63, 3.8) is 0 Å². The van der Waals surface area contributed by atoms with Crippen LogP contribution in [0.4, 0.5) is 16.2 Å². The van der Waals surface area contributed by atoms with Gasteiger partial charge in [-0.2, -0.15) is 0 Å². The molecule has 0 bridgehead atoms. The Hall–Kier alpha value is -2.69. The molecule has 3 aromatic rings. The quantitative estimate of drug-likeness (QED) is 0.525. The van der Waals surface area contributed by atoms with Gasteiger partial charge in [0.1, 0.15) is 16.5 Å². The third kappa shape index (κ3) is 4.51. The zero-order valence-electron chi connectivity index (χ0n) is 16.7. The van der Waals surface area contributed by atoms with Gasteiger partial charge in [-0.25, -0.2) is 9.78 Å². The van der Waals surface area contributed by atoms with Crippen molar-refractivity contribution in [1.29, 1.82) is 0 Å². The molecule has 10 heteroatoms. The Kier molecular flexibility index (Phi) is 5.75. The number of thioether (sulfide) groups is 1. The van der Waals surface area contributed by atoms with Gasteiger partial charge < -0.3 is 15.4 Å². The fourth-order valence-corrected chi connectivity index (χ4v) is 5.41. The van der Waals surface area contributed by atoms with Crippen LogP contribution < -0.4 is 15.5 Å². The number of fused-ring (bicyclic) bond motifs is 2. The maximum absolute atomic E-state index is 12.4. The molecule has 160 valence electrons. The summed E-state index contributed by atoms with van der Waals surface area (Å²) in [5.41, 5.74) is 2.44. The number of cyclic esters (lactones) is 1. The highest BCUT2D eigenvalue weighted by atomic mass is 32.2. The first-order valence-corrected chi connectivity index (χ1v) is 11.9. The second-order valence-corrected chi connectivity index (χ2v) is 9.54. The number of nitrogens with one attached hydrogen (secondary N) is 2. The smallest absolute Gasteiger partial charge is 0.414 e. The van der Waals surface area contributed by atoms with Crippen LogP contribution in [0.15, 0.2) is 41.6 Å². The van der Waals surface area contributed by atoms with Crippen molar-refractivity contribution in [1.82, 2.24) is 15.3 Å². The summed E-state index contributed by atoms with van der Waals surface area (Å²) in [4.78, 5) is 37.4. The SMILES string of the molecule is O=C1CSc2ccc(N3CC(CCCNCc4cc5nccnc5s4)OC3=O)cc2N1. The first-order valence-electron chi connectivity index (χ1n) is 10.1. The van der Waals surface area contributed by atoms with Crippen LogP contribution in [0.1, 0.15) is 17.7 Å². The van der Waals surface area contributed by atoms with E-state index in [9.17, 15) is 9.59 Å². The van der Waals surface area contributed by atoms with Crippen LogP contribution in [0, 0.1) is 0 Å². The topological polar surface area (TPSA) is 96.5 Å². The Morgan fingerprint density at radius 1 is 1.23 bits per heavy atom. The van der Waals surface area contributed by atoms with Crippen molar-refractivity contribution in [2.24, 2.45) is 0 Å². The molecule has 2 aromatic heterocycles. The van der Waals surface area contributed by atoms with Gasteiger partial charge >= 0.3 is 6.09 Å². The molecule has 2 amide bonds. The monoisotopic (exact) mass is 455 g/mol. The van der Waals surface area contributed by atoms with Crippen LogP contribution >= 0.6 is 23.1 Å². The average molecular weight is 456 g/mol. The van der Waals surface area contributed by atoms with E-state index in [-0.39, 0.29) is 18.1 Å². The first kappa shape index (κ1) is 20.2. The Balaban J connectivity index is 1.10. The number of anilines is 2. The van der Waals surface area contributed by atoms with Gasteiger partial charge in [0.15, 0.2) is 0 Å². The van der Waals surface area contributed by atoms with E-state index in [2.05, 4.69) is 26.7 Å². The Morgan fingerprint density at radius 2 is 2.13 bits per heavy atom. The van der Waals surface area contributed by atoms with E-state index in [0.717, 1.165) is 52.5 Å². The molecular formula is C21H21N5O3S2. The van der Waals surface area contributed by atoms with Crippen molar-refractivity contribution in [3.05, 3.63) is 41.5 Å². The van der Waals surface area contributed by atoms with Gasteiger partial charge in [0.05, 0.1) is 18.0 Å². The fourth-order valence-electron chi connectivity index (χ4n) is 3.69. The van der Waals surface area contributed by atoms with Crippen molar-refractivity contribution in [3.8, 4) is 0 Å². The Morgan fingerprint density at radius 3 is 3.03 bits per heavy atom.